The Labute approximate surface area is 202 Å². The molecule has 0 spiro atoms. The van der Waals surface area contributed by atoms with Gasteiger partial charge in [-0.3, -0.25) is 9.59 Å². The van der Waals surface area contributed by atoms with Gasteiger partial charge in [0, 0.05) is 31.1 Å². The zero-order valence-corrected chi connectivity index (χ0v) is 19.8. The molecule has 1 fully saturated rings. The van der Waals surface area contributed by atoms with E-state index < -0.39 is 24.1 Å². The number of carbonyl (C=O) groups excluding carboxylic acids is 2. The van der Waals surface area contributed by atoms with Gasteiger partial charge >= 0.3 is 12.1 Å². The first-order chi connectivity index (χ1) is 16.5. The maximum Gasteiger partial charge on any atom is 0.407 e. The number of rotatable bonds is 8. The lowest BCUT2D eigenvalue weighted by Crippen LogP contribution is -2.56. The van der Waals surface area contributed by atoms with Crippen LogP contribution in [0.5, 0.6) is 0 Å². The van der Waals surface area contributed by atoms with Crippen LogP contribution in [0.15, 0.2) is 48.5 Å². The number of nitrogens with one attached hydrogen (secondary N) is 1. The number of alkyl carbamates (subject to hydrolysis) is 1. The number of nitrogens with zero attached hydrogens (tertiary/aromatic N) is 1. The van der Waals surface area contributed by atoms with E-state index in [0.717, 1.165) is 22.3 Å². The molecule has 4 rings (SSSR count). The van der Waals surface area contributed by atoms with Gasteiger partial charge in [0.05, 0.1) is 19.1 Å². The minimum absolute atomic E-state index is 0.0353. The van der Waals surface area contributed by atoms with E-state index >= 15 is 0 Å². The maximum atomic E-state index is 13.2. The minimum Gasteiger partial charge on any atom is -0.481 e. The lowest BCUT2D eigenvalue weighted by Gasteiger charge is -2.36. The Kier molecular flexibility index (Phi) is 7.74. The standard InChI is InChI=1S/C25H28N2O6S/c1-32-14-22(24(30)27-10-11-34-15-16(27)12-23(28)29)26-25(31)33-13-21-19-8-4-2-6-17(19)18-7-3-5-9-20(18)21/h2-9,16,21-22H,10-15H2,1H3,(H,26,31)(H,28,29)/t16?,22-/m0/s1. The van der Waals surface area contributed by atoms with Gasteiger partial charge in [0.2, 0.25) is 5.91 Å². The number of hydrogen-bond donors (Lipinski definition) is 2. The summed E-state index contributed by atoms with van der Waals surface area (Å²) in [6, 6.07) is 14.7. The zero-order chi connectivity index (χ0) is 24.1. The van der Waals surface area contributed by atoms with E-state index in [4.69, 9.17) is 9.47 Å². The molecule has 8 nitrogen and oxygen atoms in total. The first kappa shape index (κ1) is 24.1. The molecule has 2 aliphatic rings. The van der Waals surface area contributed by atoms with Crippen molar-refractivity contribution in [1.29, 1.82) is 0 Å². The monoisotopic (exact) mass is 484 g/mol. The van der Waals surface area contributed by atoms with E-state index in [1.807, 2.05) is 36.4 Å². The second kappa shape index (κ2) is 10.9. The van der Waals surface area contributed by atoms with Crippen molar-refractivity contribution in [2.24, 2.45) is 0 Å². The molecule has 1 unspecified atom stereocenters. The number of carbonyl (C=O) groups is 3. The molecule has 0 radical (unpaired) electrons. The highest BCUT2D eigenvalue weighted by atomic mass is 32.2. The molecule has 34 heavy (non-hydrogen) atoms. The van der Waals surface area contributed by atoms with Crippen molar-refractivity contribution in [3.63, 3.8) is 0 Å². The van der Waals surface area contributed by atoms with E-state index in [2.05, 4.69) is 17.4 Å². The van der Waals surface area contributed by atoms with Crippen molar-refractivity contribution in [3.8, 4) is 11.1 Å². The summed E-state index contributed by atoms with van der Waals surface area (Å²) in [5.74, 6) is -0.149. The summed E-state index contributed by atoms with van der Waals surface area (Å²) >= 11 is 1.62. The van der Waals surface area contributed by atoms with Crippen LogP contribution in [0.4, 0.5) is 4.79 Å². The Hall–Kier alpha value is -3.04. The summed E-state index contributed by atoms with van der Waals surface area (Å²) in [6.45, 7) is 0.524. The van der Waals surface area contributed by atoms with E-state index in [1.54, 1.807) is 11.8 Å². The summed E-state index contributed by atoms with van der Waals surface area (Å²) in [6.07, 6.45) is -0.845. The highest BCUT2D eigenvalue weighted by Crippen LogP contribution is 2.44. The van der Waals surface area contributed by atoms with Crippen LogP contribution in [0.3, 0.4) is 0 Å². The van der Waals surface area contributed by atoms with Crippen LogP contribution < -0.4 is 5.32 Å². The molecule has 2 aromatic carbocycles. The number of carboxylic acid groups (broad SMARTS) is 1. The van der Waals surface area contributed by atoms with Crippen LogP contribution in [0, 0.1) is 0 Å². The molecule has 0 aromatic heterocycles. The summed E-state index contributed by atoms with van der Waals surface area (Å²) in [5.41, 5.74) is 4.46. The molecule has 0 bridgehead atoms. The van der Waals surface area contributed by atoms with Crippen LogP contribution in [0.2, 0.25) is 0 Å². The van der Waals surface area contributed by atoms with Crippen molar-refractivity contribution in [3.05, 3.63) is 59.7 Å². The fourth-order valence-electron chi connectivity index (χ4n) is 4.64. The molecular weight excluding hydrogens is 456 g/mol. The number of thioether (sulfide) groups is 1. The largest absolute Gasteiger partial charge is 0.481 e. The molecular formula is C25H28N2O6S. The molecule has 2 aromatic rings. The molecule has 2 atom stereocenters. The number of aliphatic carboxylic acids is 1. The third-order valence-corrected chi connectivity index (χ3v) is 7.28. The van der Waals surface area contributed by atoms with Crippen LogP contribution in [-0.4, -0.2) is 78.4 Å². The normalized spacial score (nSPS) is 18.0. The zero-order valence-electron chi connectivity index (χ0n) is 18.9. The molecule has 1 saturated heterocycles. The number of carboxylic acids is 1. The highest BCUT2D eigenvalue weighted by Gasteiger charge is 2.35. The lowest BCUT2D eigenvalue weighted by molar-refractivity contribution is -0.141. The van der Waals surface area contributed by atoms with Gasteiger partial charge in [-0.15, -0.1) is 0 Å². The second-order valence-electron chi connectivity index (χ2n) is 8.34. The van der Waals surface area contributed by atoms with Crippen molar-refractivity contribution in [2.75, 3.05) is 38.4 Å². The summed E-state index contributed by atoms with van der Waals surface area (Å²) < 4.78 is 10.7. The lowest BCUT2D eigenvalue weighted by atomic mass is 9.98. The van der Waals surface area contributed by atoms with E-state index in [9.17, 15) is 19.5 Å². The van der Waals surface area contributed by atoms with Gasteiger partial charge in [0.25, 0.3) is 0 Å². The smallest absolute Gasteiger partial charge is 0.407 e. The maximum absolute atomic E-state index is 13.2. The molecule has 180 valence electrons. The number of fused-ring (bicyclic) bond motifs is 3. The molecule has 2 amide bonds. The molecule has 2 N–H and O–H groups in total. The van der Waals surface area contributed by atoms with Crippen molar-refractivity contribution < 1.29 is 29.0 Å². The highest BCUT2D eigenvalue weighted by molar-refractivity contribution is 7.99. The SMILES string of the molecule is COC[C@H](NC(=O)OCC1c2ccccc2-c2ccccc21)C(=O)N1CCSCC1CC(=O)O. The molecule has 1 heterocycles. The molecule has 1 aliphatic carbocycles. The van der Waals surface area contributed by atoms with Gasteiger partial charge in [-0.1, -0.05) is 48.5 Å². The summed E-state index contributed by atoms with van der Waals surface area (Å²) in [7, 11) is 1.44. The van der Waals surface area contributed by atoms with Gasteiger partial charge < -0.3 is 24.8 Å². The number of amides is 2. The van der Waals surface area contributed by atoms with E-state index in [-0.39, 0.29) is 31.5 Å². The number of benzene rings is 2. The minimum atomic E-state index is -0.960. The average Bonchev–Trinajstić information content (AvgIpc) is 3.16. The first-order valence-electron chi connectivity index (χ1n) is 11.2. The first-order valence-corrected chi connectivity index (χ1v) is 12.4. The number of ether oxygens (including phenoxy) is 2. The van der Waals surface area contributed by atoms with Crippen molar-refractivity contribution >= 4 is 29.7 Å². The van der Waals surface area contributed by atoms with Crippen LogP contribution in [0.1, 0.15) is 23.5 Å². The Bertz CT molecular complexity index is 1020. The van der Waals surface area contributed by atoms with Crippen LogP contribution in [0.25, 0.3) is 11.1 Å². The Balaban J connectivity index is 1.42. The molecule has 9 heteroatoms. The van der Waals surface area contributed by atoms with Gasteiger partial charge in [0.1, 0.15) is 12.6 Å². The van der Waals surface area contributed by atoms with E-state index in [1.165, 1.54) is 12.0 Å². The van der Waals surface area contributed by atoms with Crippen molar-refractivity contribution in [1.82, 2.24) is 10.2 Å². The topological polar surface area (TPSA) is 105 Å². The quantitative estimate of drug-likeness (QED) is 0.594. The van der Waals surface area contributed by atoms with Gasteiger partial charge in [-0.05, 0) is 22.3 Å². The van der Waals surface area contributed by atoms with Crippen LogP contribution >= 0.6 is 11.8 Å². The summed E-state index contributed by atoms with van der Waals surface area (Å²) in [4.78, 5) is 38.6. The fourth-order valence-corrected chi connectivity index (χ4v) is 5.70. The third-order valence-electron chi connectivity index (χ3n) is 6.19. The Morgan fingerprint density at radius 3 is 2.38 bits per heavy atom. The van der Waals surface area contributed by atoms with Crippen molar-refractivity contribution in [2.45, 2.75) is 24.4 Å². The van der Waals surface area contributed by atoms with Gasteiger partial charge in [0.15, 0.2) is 0 Å². The third kappa shape index (κ3) is 5.20. The second-order valence-corrected chi connectivity index (χ2v) is 9.49. The van der Waals surface area contributed by atoms with Gasteiger partial charge in [-0.2, -0.15) is 11.8 Å². The predicted octanol–water partition coefficient (Wildman–Crippen LogP) is 2.96. The Morgan fingerprint density at radius 1 is 1.12 bits per heavy atom. The molecule has 1 aliphatic heterocycles. The van der Waals surface area contributed by atoms with E-state index in [0.29, 0.717) is 18.1 Å². The number of hydrogen-bond acceptors (Lipinski definition) is 6. The summed E-state index contributed by atoms with van der Waals surface area (Å²) in [5, 5.41) is 11.8. The Morgan fingerprint density at radius 2 is 1.76 bits per heavy atom. The fraction of sp³-hybridized carbons (Fsp3) is 0.400. The van der Waals surface area contributed by atoms with Crippen LogP contribution in [-0.2, 0) is 19.1 Å². The van der Waals surface area contributed by atoms with Gasteiger partial charge in [-0.25, -0.2) is 4.79 Å². The average molecular weight is 485 g/mol. The number of methoxy groups -OCH3 is 1. The molecule has 0 saturated carbocycles. The predicted molar refractivity (Wildman–Crippen MR) is 129 cm³/mol.